The number of carbonyl (C=O) groups excluding carboxylic acids is 2. The number of hydrogen-bond donors (Lipinski definition) is 0. The molecule has 0 bridgehead atoms. The molecule has 1 amide bonds. The molecule has 0 saturated carbocycles. The number of amides is 1. The van der Waals surface area contributed by atoms with Gasteiger partial charge in [0.25, 0.3) is 0 Å². The quantitative estimate of drug-likeness (QED) is 0.769. The van der Waals surface area contributed by atoms with Crippen LogP contribution in [0.15, 0.2) is 18.2 Å². The van der Waals surface area contributed by atoms with E-state index in [0.717, 1.165) is 6.07 Å². The monoisotopic (exact) mass is 253 g/mol. The molecule has 0 N–H and O–H groups in total. The van der Waals surface area contributed by atoms with Crippen molar-refractivity contribution in [2.24, 2.45) is 0 Å². The molecule has 0 radical (unpaired) electrons. The third-order valence-electron chi connectivity index (χ3n) is 2.95. The molecule has 0 unspecified atom stereocenters. The topological polar surface area (TPSA) is 37.4 Å². The lowest BCUT2D eigenvalue weighted by Gasteiger charge is -2.26. The van der Waals surface area contributed by atoms with E-state index >= 15 is 0 Å². The van der Waals surface area contributed by atoms with Crippen LogP contribution >= 0.6 is 0 Å². The molecule has 96 valence electrons. The molecule has 0 atom stereocenters. The van der Waals surface area contributed by atoms with Gasteiger partial charge in [-0.05, 0) is 24.1 Å². The Labute approximate surface area is 103 Å². The molecule has 1 aliphatic heterocycles. The van der Waals surface area contributed by atoms with Crippen molar-refractivity contribution in [3.05, 3.63) is 35.4 Å². The maximum Gasteiger partial charge on any atom is 0.230 e. The maximum absolute atomic E-state index is 13.0. The Balaban J connectivity index is 1.95. The van der Waals surface area contributed by atoms with Crippen molar-refractivity contribution in [1.82, 2.24) is 4.90 Å². The van der Waals surface area contributed by atoms with Crippen molar-refractivity contribution in [3.63, 3.8) is 0 Å². The first-order chi connectivity index (χ1) is 8.54. The molecule has 0 spiro atoms. The number of nitrogens with zero attached hydrogens (tertiary/aromatic N) is 1. The number of hydrogen-bond acceptors (Lipinski definition) is 2. The summed E-state index contributed by atoms with van der Waals surface area (Å²) in [6, 6.07) is 3.32. The fourth-order valence-corrected chi connectivity index (χ4v) is 2.01. The fraction of sp³-hybridized carbons (Fsp3) is 0.385. The van der Waals surface area contributed by atoms with Crippen LogP contribution in [0.5, 0.6) is 0 Å². The summed E-state index contributed by atoms with van der Waals surface area (Å²) in [7, 11) is 0. The zero-order valence-corrected chi connectivity index (χ0v) is 9.79. The number of benzene rings is 1. The molecule has 0 aliphatic carbocycles. The van der Waals surface area contributed by atoms with Crippen LogP contribution < -0.4 is 0 Å². The highest BCUT2D eigenvalue weighted by molar-refractivity contribution is 6.00. The largest absolute Gasteiger partial charge is 0.342 e. The van der Waals surface area contributed by atoms with E-state index in [-0.39, 0.29) is 18.1 Å². The summed E-state index contributed by atoms with van der Waals surface area (Å²) in [6.45, 7) is 0.782. The number of likely N-dealkylation sites (tertiary alicyclic amines) is 1. The van der Waals surface area contributed by atoms with E-state index in [1.165, 1.54) is 12.1 Å². The molecular weight excluding hydrogens is 240 g/mol. The lowest BCUT2D eigenvalue weighted by Crippen LogP contribution is -2.40. The van der Waals surface area contributed by atoms with Crippen molar-refractivity contribution < 1.29 is 18.4 Å². The van der Waals surface area contributed by atoms with Crippen molar-refractivity contribution in [2.45, 2.75) is 19.3 Å². The molecule has 1 saturated heterocycles. The highest BCUT2D eigenvalue weighted by atomic mass is 19.1. The van der Waals surface area contributed by atoms with Gasteiger partial charge in [0.05, 0.1) is 6.42 Å². The summed E-state index contributed by atoms with van der Waals surface area (Å²) < 4.78 is 25.9. The zero-order chi connectivity index (χ0) is 13.1. The van der Waals surface area contributed by atoms with Crippen LogP contribution in [-0.2, 0) is 16.0 Å². The minimum atomic E-state index is -0.620. The second-order valence-electron chi connectivity index (χ2n) is 4.37. The lowest BCUT2D eigenvalue weighted by molar-refractivity contribution is -0.139. The number of piperidine rings is 1. The predicted molar refractivity (Wildman–Crippen MR) is 60.9 cm³/mol. The standard InChI is InChI=1S/C13H13F2NO2/c14-10-5-9(6-11(15)7-10)1-3-16-4-2-12(17)8-13(16)18/h5-7H,1-4,8H2. The van der Waals surface area contributed by atoms with Gasteiger partial charge in [0.15, 0.2) is 0 Å². The number of carbonyl (C=O) groups is 2. The van der Waals surface area contributed by atoms with Gasteiger partial charge >= 0.3 is 0 Å². The summed E-state index contributed by atoms with van der Waals surface area (Å²) in [5.41, 5.74) is 0.511. The third kappa shape index (κ3) is 3.12. The van der Waals surface area contributed by atoms with Gasteiger partial charge in [-0.15, -0.1) is 0 Å². The fourth-order valence-electron chi connectivity index (χ4n) is 2.01. The van der Waals surface area contributed by atoms with Gasteiger partial charge in [0.1, 0.15) is 17.4 Å². The van der Waals surface area contributed by atoms with Crippen LogP contribution in [0.3, 0.4) is 0 Å². The zero-order valence-electron chi connectivity index (χ0n) is 9.79. The molecule has 5 heteroatoms. The van der Waals surface area contributed by atoms with Crippen molar-refractivity contribution in [1.29, 1.82) is 0 Å². The summed E-state index contributed by atoms with van der Waals surface area (Å²) >= 11 is 0. The highest BCUT2D eigenvalue weighted by Crippen LogP contribution is 2.12. The highest BCUT2D eigenvalue weighted by Gasteiger charge is 2.23. The minimum absolute atomic E-state index is 0.0481. The van der Waals surface area contributed by atoms with Crippen LogP contribution in [0, 0.1) is 11.6 Å². The molecule has 1 fully saturated rings. The summed E-state index contributed by atoms with van der Waals surface area (Å²) in [5, 5.41) is 0. The molecule has 0 aromatic heterocycles. The van der Waals surface area contributed by atoms with E-state index in [1.807, 2.05) is 0 Å². The van der Waals surface area contributed by atoms with Crippen molar-refractivity contribution >= 4 is 11.7 Å². The number of ketones is 1. The van der Waals surface area contributed by atoms with Gasteiger partial charge in [-0.25, -0.2) is 8.78 Å². The maximum atomic E-state index is 13.0. The van der Waals surface area contributed by atoms with Gasteiger partial charge in [0.2, 0.25) is 5.91 Å². The van der Waals surface area contributed by atoms with Gasteiger partial charge < -0.3 is 4.90 Å². The van der Waals surface area contributed by atoms with Gasteiger partial charge in [-0.1, -0.05) is 0 Å². The van der Waals surface area contributed by atoms with Crippen LogP contribution in [0.1, 0.15) is 18.4 Å². The SMILES string of the molecule is O=C1CCN(CCc2cc(F)cc(F)c2)C(=O)C1. The molecule has 3 nitrogen and oxygen atoms in total. The molecule has 1 heterocycles. The van der Waals surface area contributed by atoms with Gasteiger partial charge in [-0.2, -0.15) is 0 Å². The Hall–Kier alpha value is -1.78. The van der Waals surface area contributed by atoms with Crippen LogP contribution in [0.2, 0.25) is 0 Å². The molecule has 1 aliphatic rings. The van der Waals surface area contributed by atoms with Crippen LogP contribution in [0.4, 0.5) is 8.78 Å². The molecule has 2 rings (SSSR count). The molecule has 1 aromatic carbocycles. The first-order valence-electron chi connectivity index (χ1n) is 5.79. The minimum Gasteiger partial charge on any atom is -0.342 e. The van der Waals surface area contributed by atoms with Crippen molar-refractivity contribution in [3.8, 4) is 0 Å². The lowest BCUT2D eigenvalue weighted by atomic mass is 10.1. The first kappa shape index (κ1) is 12.7. The Bertz CT molecular complexity index is 468. The Morgan fingerprint density at radius 1 is 1.11 bits per heavy atom. The summed E-state index contributed by atoms with van der Waals surface area (Å²) in [6.07, 6.45) is 0.690. The summed E-state index contributed by atoms with van der Waals surface area (Å²) in [5.74, 6) is -1.49. The number of halogens is 2. The van der Waals surface area contributed by atoms with E-state index in [9.17, 15) is 18.4 Å². The smallest absolute Gasteiger partial charge is 0.230 e. The van der Waals surface area contributed by atoms with Gasteiger partial charge in [-0.3, -0.25) is 9.59 Å². The van der Waals surface area contributed by atoms with E-state index in [0.29, 0.717) is 31.5 Å². The normalized spacial score (nSPS) is 16.2. The molecule has 1 aromatic rings. The predicted octanol–water partition coefficient (Wildman–Crippen LogP) is 1.70. The van der Waals surface area contributed by atoms with Crippen molar-refractivity contribution in [2.75, 3.05) is 13.1 Å². The molecule has 18 heavy (non-hydrogen) atoms. The van der Waals surface area contributed by atoms with E-state index in [2.05, 4.69) is 0 Å². The first-order valence-corrected chi connectivity index (χ1v) is 5.79. The average Bonchev–Trinajstić information content (AvgIpc) is 2.26. The Morgan fingerprint density at radius 2 is 1.78 bits per heavy atom. The Morgan fingerprint density at radius 3 is 2.39 bits per heavy atom. The number of rotatable bonds is 3. The van der Waals surface area contributed by atoms with Gasteiger partial charge in [0, 0.05) is 25.6 Å². The van der Waals surface area contributed by atoms with E-state index in [4.69, 9.17) is 0 Å². The van der Waals surface area contributed by atoms with E-state index < -0.39 is 11.6 Å². The summed E-state index contributed by atoms with van der Waals surface area (Å²) in [4.78, 5) is 24.1. The Kier molecular flexibility index (Phi) is 3.69. The van der Waals surface area contributed by atoms with Crippen LogP contribution in [-0.4, -0.2) is 29.7 Å². The van der Waals surface area contributed by atoms with Crippen LogP contribution in [0.25, 0.3) is 0 Å². The number of Topliss-reactive ketones (excluding diaryl/α,β-unsaturated/α-hetero) is 1. The van der Waals surface area contributed by atoms with E-state index in [1.54, 1.807) is 4.90 Å². The third-order valence-corrected chi connectivity index (χ3v) is 2.95. The second kappa shape index (κ2) is 5.25. The average molecular weight is 253 g/mol. The second-order valence-corrected chi connectivity index (χ2v) is 4.37. The molecular formula is C13H13F2NO2.